The lowest BCUT2D eigenvalue weighted by atomic mass is 9.98. The number of aryl methyl sites for hydroxylation is 4. The quantitative estimate of drug-likeness (QED) is 0.682. The first-order valence-electron chi connectivity index (χ1n) is 9.47. The Hall–Kier alpha value is -3.03. The third-order valence-corrected chi connectivity index (χ3v) is 5.07. The Morgan fingerprint density at radius 3 is 2.54 bits per heavy atom. The molecule has 1 saturated heterocycles. The lowest BCUT2D eigenvalue weighted by Gasteiger charge is -2.34. The van der Waals surface area contributed by atoms with Crippen LogP contribution in [0.4, 0.5) is 0 Å². The molecule has 0 unspecified atom stereocenters. The molecule has 1 amide bonds. The number of carbonyl (C=O) groups excluding carboxylic acids is 1. The van der Waals surface area contributed by atoms with Gasteiger partial charge in [-0.3, -0.25) is 4.79 Å². The first-order valence-corrected chi connectivity index (χ1v) is 9.47. The van der Waals surface area contributed by atoms with E-state index in [1.807, 2.05) is 31.7 Å². The van der Waals surface area contributed by atoms with Crippen molar-refractivity contribution < 1.29 is 13.8 Å². The van der Waals surface area contributed by atoms with Crippen LogP contribution in [0.3, 0.4) is 0 Å². The van der Waals surface area contributed by atoms with Gasteiger partial charge < -0.3 is 13.9 Å². The SMILES string of the molecule is Cc1cc(C(=O)N2CCCC[C@H]2c2cc(C)nc(-c3c(C)noc3C)n2)on1. The Bertz CT molecular complexity index is 1000. The molecule has 28 heavy (non-hydrogen) atoms. The van der Waals surface area contributed by atoms with Crippen molar-refractivity contribution in [3.8, 4) is 11.4 Å². The monoisotopic (exact) mass is 381 g/mol. The molecule has 0 aromatic carbocycles. The van der Waals surface area contributed by atoms with Crippen molar-refractivity contribution in [3.63, 3.8) is 0 Å². The number of amides is 1. The summed E-state index contributed by atoms with van der Waals surface area (Å²) < 4.78 is 10.5. The van der Waals surface area contributed by atoms with Gasteiger partial charge in [-0.15, -0.1) is 0 Å². The van der Waals surface area contributed by atoms with E-state index in [1.54, 1.807) is 13.0 Å². The third kappa shape index (κ3) is 3.30. The molecular weight excluding hydrogens is 358 g/mol. The molecule has 0 bridgehead atoms. The summed E-state index contributed by atoms with van der Waals surface area (Å²) in [4.78, 5) is 24.2. The van der Waals surface area contributed by atoms with Crippen molar-refractivity contribution >= 4 is 5.91 Å². The molecule has 146 valence electrons. The van der Waals surface area contributed by atoms with Gasteiger partial charge in [0, 0.05) is 18.3 Å². The second-order valence-electron chi connectivity index (χ2n) is 7.30. The summed E-state index contributed by atoms with van der Waals surface area (Å²) in [6.07, 6.45) is 2.83. The molecule has 1 aliphatic heterocycles. The molecule has 0 aliphatic carbocycles. The van der Waals surface area contributed by atoms with Gasteiger partial charge in [0.05, 0.1) is 28.7 Å². The van der Waals surface area contributed by atoms with Gasteiger partial charge in [0.25, 0.3) is 5.91 Å². The van der Waals surface area contributed by atoms with E-state index in [0.717, 1.165) is 41.9 Å². The van der Waals surface area contributed by atoms with Crippen molar-refractivity contribution in [3.05, 3.63) is 46.4 Å². The van der Waals surface area contributed by atoms with Crippen LogP contribution in [-0.2, 0) is 0 Å². The fourth-order valence-electron chi connectivity index (χ4n) is 3.77. The molecule has 1 fully saturated rings. The second-order valence-corrected chi connectivity index (χ2v) is 7.30. The van der Waals surface area contributed by atoms with Gasteiger partial charge in [-0.2, -0.15) is 0 Å². The molecule has 4 rings (SSSR count). The van der Waals surface area contributed by atoms with Gasteiger partial charge in [0.15, 0.2) is 5.82 Å². The van der Waals surface area contributed by atoms with Crippen LogP contribution in [0.5, 0.6) is 0 Å². The first-order chi connectivity index (χ1) is 13.4. The topological polar surface area (TPSA) is 98.2 Å². The highest BCUT2D eigenvalue weighted by Crippen LogP contribution is 2.33. The fraction of sp³-hybridized carbons (Fsp3) is 0.450. The molecule has 0 spiro atoms. The average molecular weight is 381 g/mol. The number of aromatic nitrogens is 4. The Kier molecular flexibility index (Phi) is 4.70. The highest BCUT2D eigenvalue weighted by molar-refractivity contribution is 5.91. The third-order valence-electron chi connectivity index (χ3n) is 5.07. The predicted molar refractivity (Wildman–Crippen MR) is 101 cm³/mol. The number of piperidine rings is 1. The van der Waals surface area contributed by atoms with Crippen LogP contribution in [0.1, 0.15) is 64.4 Å². The number of likely N-dealkylation sites (tertiary alicyclic amines) is 1. The second kappa shape index (κ2) is 7.18. The minimum Gasteiger partial charge on any atom is -0.361 e. The van der Waals surface area contributed by atoms with Crippen molar-refractivity contribution in [2.24, 2.45) is 0 Å². The average Bonchev–Trinajstić information content (AvgIpc) is 3.26. The fourth-order valence-corrected chi connectivity index (χ4v) is 3.77. The molecule has 4 heterocycles. The number of rotatable bonds is 3. The van der Waals surface area contributed by atoms with Gasteiger partial charge in [0.1, 0.15) is 5.76 Å². The number of hydrogen-bond donors (Lipinski definition) is 0. The highest BCUT2D eigenvalue weighted by Gasteiger charge is 2.32. The van der Waals surface area contributed by atoms with E-state index in [9.17, 15) is 4.79 Å². The summed E-state index contributed by atoms with van der Waals surface area (Å²) in [6, 6.07) is 3.49. The van der Waals surface area contributed by atoms with E-state index in [4.69, 9.17) is 14.0 Å². The first kappa shape index (κ1) is 18.3. The van der Waals surface area contributed by atoms with Crippen molar-refractivity contribution in [2.75, 3.05) is 6.54 Å². The van der Waals surface area contributed by atoms with Crippen LogP contribution < -0.4 is 0 Å². The minimum atomic E-state index is -0.152. The van der Waals surface area contributed by atoms with Gasteiger partial charge in [-0.05, 0) is 53.0 Å². The van der Waals surface area contributed by atoms with E-state index in [2.05, 4.69) is 15.3 Å². The molecule has 1 aliphatic rings. The summed E-state index contributed by atoms with van der Waals surface area (Å²) in [5, 5.41) is 7.86. The van der Waals surface area contributed by atoms with Crippen LogP contribution in [0.2, 0.25) is 0 Å². The van der Waals surface area contributed by atoms with Crippen LogP contribution in [-0.4, -0.2) is 37.6 Å². The lowest BCUT2D eigenvalue weighted by molar-refractivity contribution is 0.0563. The molecule has 0 N–H and O–H groups in total. The Morgan fingerprint density at radius 2 is 1.86 bits per heavy atom. The van der Waals surface area contributed by atoms with Gasteiger partial charge in [-0.25, -0.2) is 9.97 Å². The number of nitrogens with zero attached hydrogens (tertiary/aromatic N) is 5. The summed E-state index contributed by atoms with van der Waals surface area (Å²) in [6.45, 7) is 8.12. The Morgan fingerprint density at radius 1 is 1.04 bits per heavy atom. The number of carbonyl (C=O) groups is 1. The summed E-state index contributed by atoms with van der Waals surface area (Å²) >= 11 is 0. The van der Waals surface area contributed by atoms with Crippen LogP contribution >= 0.6 is 0 Å². The summed E-state index contributed by atoms with van der Waals surface area (Å²) in [5.74, 6) is 1.38. The van der Waals surface area contributed by atoms with Gasteiger partial charge in [0.2, 0.25) is 5.76 Å². The van der Waals surface area contributed by atoms with E-state index < -0.39 is 0 Å². The van der Waals surface area contributed by atoms with E-state index in [1.165, 1.54) is 0 Å². The summed E-state index contributed by atoms with van der Waals surface area (Å²) in [5.41, 5.74) is 3.92. The maximum absolute atomic E-state index is 13.0. The zero-order valence-corrected chi connectivity index (χ0v) is 16.5. The van der Waals surface area contributed by atoms with Gasteiger partial charge in [-0.1, -0.05) is 10.3 Å². The van der Waals surface area contributed by atoms with Crippen molar-refractivity contribution in [2.45, 2.75) is 53.0 Å². The minimum absolute atomic E-state index is 0.132. The zero-order chi connectivity index (χ0) is 19.8. The molecule has 0 radical (unpaired) electrons. The lowest BCUT2D eigenvalue weighted by Crippen LogP contribution is -2.38. The smallest absolute Gasteiger partial charge is 0.293 e. The van der Waals surface area contributed by atoms with E-state index in [-0.39, 0.29) is 17.7 Å². The standard InChI is InChI=1S/C20H23N5O3/c1-11-9-15(22-19(21-11)18-13(3)24-27-14(18)4)16-7-5-6-8-25(16)20(26)17-10-12(2)23-28-17/h9-10,16H,5-8H2,1-4H3/t16-/m0/s1. The largest absolute Gasteiger partial charge is 0.361 e. The normalized spacial score (nSPS) is 17.1. The van der Waals surface area contributed by atoms with Crippen LogP contribution in [0.15, 0.2) is 21.2 Å². The van der Waals surface area contributed by atoms with Crippen molar-refractivity contribution in [1.29, 1.82) is 0 Å². The van der Waals surface area contributed by atoms with E-state index >= 15 is 0 Å². The molecule has 8 heteroatoms. The molecule has 3 aromatic heterocycles. The van der Waals surface area contributed by atoms with E-state index in [0.29, 0.717) is 23.8 Å². The summed E-state index contributed by atoms with van der Waals surface area (Å²) in [7, 11) is 0. The zero-order valence-electron chi connectivity index (χ0n) is 16.5. The number of hydrogen-bond acceptors (Lipinski definition) is 7. The molecule has 0 saturated carbocycles. The van der Waals surface area contributed by atoms with Crippen LogP contribution in [0.25, 0.3) is 11.4 Å². The van der Waals surface area contributed by atoms with Crippen LogP contribution in [0, 0.1) is 27.7 Å². The van der Waals surface area contributed by atoms with Crippen molar-refractivity contribution in [1.82, 2.24) is 25.2 Å². The molecule has 8 nitrogen and oxygen atoms in total. The van der Waals surface area contributed by atoms with Gasteiger partial charge >= 0.3 is 0 Å². The molecule has 3 aromatic rings. The maximum atomic E-state index is 13.0. The Balaban J connectivity index is 1.73. The maximum Gasteiger partial charge on any atom is 0.293 e. The Labute approximate surface area is 162 Å². The predicted octanol–water partition coefficient (Wildman–Crippen LogP) is 3.72. The highest BCUT2D eigenvalue weighted by atomic mass is 16.5. The molecular formula is C20H23N5O3. The molecule has 1 atom stereocenters.